The maximum absolute atomic E-state index is 11.7. The van der Waals surface area contributed by atoms with Gasteiger partial charge in [0.2, 0.25) is 0 Å². The van der Waals surface area contributed by atoms with Crippen molar-refractivity contribution in [3.8, 4) is 0 Å². The normalized spacial score (nSPS) is 15.6. The molecule has 20 heavy (non-hydrogen) atoms. The minimum atomic E-state index is -0.945. The van der Waals surface area contributed by atoms with Gasteiger partial charge in [0.25, 0.3) is 0 Å². The van der Waals surface area contributed by atoms with Crippen LogP contribution in [0.25, 0.3) is 0 Å². The molecular weight excluding hydrogens is 256 g/mol. The van der Waals surface area contributed by atoms with E-state index in [9.17, 15) is 9.59 Å². The van der Waals surface area contributed by atoms with Crippen LogP contribution in [-0.2, 0) is 6.54 Å². The number of carboxylic acid groups (broad SMARTS) is 1. The first-order valence-corrected chi connectivity index (χ1v) is 7.02. The molecule has 2 rings (SSSR count). The number of nitrogens with one attached hydrogen (secondary N) is 2. The van der Waals surface area contributed by atoms with Gasteiger partial charge in [-0.1, -0.05) is 31.4 Å². The van der Waals surface area contributed by atoms with Gasteiger partial charge < -0.3 is 15.7 Å². The molecule has 1 saturated carbocycles. The van der Waals surface area contributed by atoms with E-state index in [0.717, 1.165) is 18.4 Å². The van der Waals surface area contributed by atoms with E-state index in [4.69, 9.17) is 5.11 Å². The van der Waals surface area contributed by atoms with Gasteiger partial charge in [-0.05, 0) is 30.5 Å². The molecule has 3 N–H and O–H groups in total. The highest BCUT2D eigenvalue weighted by atomic mass is 16.4. The van der Waals surface area contributed by atoms with E-state index in [0.29, 0.717) is 6.54 Å². The maximum atomic E-state index is 11.7. The Bertz CT molecular complexity index is 465. The summed E-state index contributed by atoms with van der Waals surface area (Å²) >= 11 is 0. The Labute approximate surface area is 118 Å². The van der Waals surface area contributed by atoms with Gasteiger partial charge in [0.05, 0.1) is 5.56 Å². The predicted molar refractivity (Wildman–Crippen MR) is 75.6 cm³/mol. The van der Waals surface area contributed by atoms with Crippen LogP contribution in [0.3, 0.4) is 0 Å². The molecule has 2 amide bonds. The molecule has 0 aliphatic heterocycles. The second-order valence-corrected chi connectivity index (χ2v) is 5.16. The Balaban J connectivity index is 1.76. The average Bonchev–Trinajstić information content (AvgIpc) is 2.46. The topological polar surface area (TPSA) is 78.4 Å². The smallest absolute Gasteiger partial charge is 0.335 e. The number of carbonyl (C=O) groups excluding carboxylic acids is 1. The zero-order valence-corrected chi connectivity index (χ0v) is 11.4. The number of aromatic carboxylic acids is 1. The number of carbonyl (C=O) groups is 2. The number of carboxylic acids is 1. The molecule has 0 unspecified atom stereocenters. The lowest BCUT2D eigenvalue weighted by Gasteiger charge is -2.22. The Kier molecular flexibility index (Phi) is 4.98. The largest absolute Gasteiger partial charge is 0.478 e. The number of urea groups is 1. The fourth-order valence-corrected chi connectivity index (χ4v) is 2.43. The van der Waals surface area contributed by atoms with Crippen LogP contribution in [-0.4, -0.2) is 23.1 Å². The number of hydrogen-bond acceptors (Lipinski definition) is 2. The molecule has 1 fully saturated rings. The molecular formula is C15H20N2O3. The predicted octanol–water partition coefficient (Wildman–Crippen LogP) is 2.52. The molecule has 1 aliphatic rings. The van der Waals surface area contributed by atoms with E-state index < -0.39 is 5.97 Å². The van der Waals surface area contributed by atoms with Crippen LogP contribution >= 0.6 is 0 Å². The Morgan fingerprint density at radius 2 is 1.75 bits per heavy atom. The summed E-state index contributed by atoms with van der Waals surface area (Å²) < 4.78 is 0. The first-order valence-electron chi connectivity index (χ1n) is 7.02. The summed E-state index contributed by atoms with van der Waals surface area (Å²) in [6, 6.07) is 6.64. The van der Waals surface area contributed by atoms with E-state index >= 15 is 0 Å². The summed E-state index contributed by atoms with van der Waals surface area (Å²) in [5, 5.41) is 14.6. The van der Waals surface area contributed by atoms with Crippen LogP contribution in [0.15, 0.2) is 24.3 Å². The molecule has 1 aromatic rings. The van der Waals surface area contributed by atoms with Gasteiger partial charge in [-0.2, -0.15) is 0 Å². The van der Waals surface area contributed by atoms with Gasteiger partial charge in [-0.25, -0.2) is 9.59 Å². The molecule has 0 atom stereocenters. The molecule has 0 spiro atoms. The van der Waals surface area contributed by atoms with Gasteiger partial charge in [0.1, 0.15) is 0 Å². The van der Waals surface area contributed by atoms with Gasteiger partial charge in [-0.3, -0.25) is 0 Å². The maximum Gasteiger partial charge on any atom is 0.335 e. The lowest BCUT2D eigenvalue weighted by Crippen LogP contribution is -2.42. The Morgan fingerprint density at radius 3 is 2.35 bits per heavy atom. The summed E-state index contributed by atoms with van der Waals surface area (Å²) in [5.41, 5.74) is 1.13. The standard InChI is InChI=1S/C15H20N2O3/c18-14(19)12-8-6-11(7-9-12)10-16-15(20)17-13-4-2-1-3-5-13/h6-9,13H,1-5,10H2,(H,18,19)(H2,16,17,20). The summed E-state index contributed by atoms with van der Waals surface area (Å²) in [6.45, 7) is 0.401. The van der Waals surface area contributed by atoms with Crippen LogP contribution in [0.5, 0.6) is 0 Å². The minimum Gasteiger partial charge on any atom is -0.478 e. The van der Waals surface area contributed by atoms with E-state index in [-0.39, 0.29) is 17.6 Å². The highest BCUT2D eigenvalue weighted by Crippen LogP contribution is 2.17. The van der Waals surface area contributed by atoms with Gasteiger partial charge >= 0.3 is 12.0 Å². The van der Waals surface area contributed by atoms with Crippen molar-refractivity contribution in [2.75, 3.05) is 0 Å². The number of hydrogen-bond donors (Lipinski definition) is 3. The third-order valence-corrected chi connectivity index (χ3v) is 3.59. The second kappa shape index (κ2) is 6.93. The summed E-state index contributed by atoms with van der Waals surface area (Å²) in [6.07, 6.45) is 5.74. The van der Waals surface area contributed by atoms with Crippen LogP contribution in [0.4, 0.5) is 4.79 Å². The molecule has 0 radical (unpaired) electrons. The molecule has 0 aromatic heterocycles. The first-order chi connectivity index (χ1) is 9.65. The van der Waals surface area contributed by atoms with Crippen molar-refractivity contribution in [2.45, 2.75) is 44.7 Å². The molecule has 0 heterocycles. The van der Waals surface area contributed by atoms with Crippen LogP contribution in [0.1, 0.15) is 48.0 Å². The van der Waals surface area contributed by atoms with Crippen molar-refractivity contribution >= 4 is 12.0 Å². The quantitative estimate of drug-likeness (QED) is 0.790. The highest BCUT2D eigenvalue weighted by molar-refractivity contribution is 5.87. The third kappa shape index (κ3) is 4.26. The monoisotopic (exact) mass is 276 g/mol. The highest BCUT2D eigenvalue weighted by Gasteiger charge is 2.15. The minimum absolute atomic E-state index is 0.154. The third-order valence-electron chi connectivity index (χ3n) is 3.59. The van der Waals surface area contributed by atoms with Gasteiger partial charge in [0.15, 0.2) is 0 Å². The van der Waals surface area contributed by atoms with Crippen molar-refractivity contribution in [1.29, 1.82) is 0 Å². The van der Waals surface area contributed by atoms with E-state index in [1.54, 1.807) is 24.3 Å². The summed E-state index contributed by atoms with van der Waals surface area (Å²) in [7, 11) is 0. The van der Waals surface area contributed by atoms with Crippen LogP contribution < -0.4 is 10.6 Å². The zero-order chi connectivity index (χ0) is 14.4. The van der Waals surface area contributed by atoms with Crippen LogP contribution in [0, 0.1) is 0 Å². The van der Waals surface area contributed by atoms with E-state index in [1.807, 2.05) is 0 Å². The molecule has 0 saturated heterocycles. The van der Waals surface area contributed by atoms with Crippen molar-refractivity contribution in [3.63, 3.8) is 0 Å². The zero-order valence-electron chi connectivity index (χ0n) is 11.4. The second-order valence-electron chi connectivity index (χ2n) is 5.16. The summed E-state index contributed by atoms with van der Waals surface area (Å²) in [4.78, 5) is 22.5. The van der Waals surface area contributed by atoms with Crippen molar-refractivity contribution < 1.29 is 14.7 Å². The van der Waals surface area contributed by atoms with Crippen molar-refractivity contribution in [3.05, 3.63) is 35.4 Å². The fraction of sp³-hybridized carbons (Fsp3) is 0.467. The van der Waals surface area contributed by atoms with Crippen molar-refractivity contribution in [1.82, 2.24) is 10.6 Å². The van der Waals surface area contributed by atoms with E-state index in [2.05, 4.69) is 10.6 Å². The lowest BCUT2D eigenvalue weighted by molar-refractivity contribution is 0.0697. The number of benzene rings is 1. The summed E-state index contributed by atoms with van der Waals surface area (Å²) in [5.74, 6) is -0.945. The van der Waals surface area contributed by atoms with Gasteiger partial charge in [-0.15, -0.1) is 0 Å². The molecule has 0 bridgehead atoms. The lowest BCUT2D eigenvalue weighted by atomic mass is 9.96. The van der Waals surface area contributed by atoms with E-state index in [1.165, 1.54) is 19.3 Å². The Hall–Kier alpha value is -2.04. The first kappa shape index (κ1) is 14.4. The molecule has 108 valence electrons. The van der Waals surface area contributed by atoms with Gasteiger partial charge in [0, 0.05) is 12.6 Å². The fourth-order valence-electron chi connectivity index (χ4n) is 2.43. The number of rotatable bonds is 4. The molecule has 5 heteroatoms. The Morgan fingerprint density at radius 1 is 1.10 bits per heavy atom. The van der Waals surface area contributed by atoms with Crippen LogP contribution in [0.2, 0.25) is 0 Å². The molecule has 5 nitrogen and oxygen atoms in total. The van der Waals surface area contributed by atoms with Crippen molar-refractivity contribution in [2.24, 2.45) is 0 Å². The number of amides is 2. The molecule has 1 aromatic carbocycles. The average molecular weight is 276 g/mol. The molecule has 1 aliphatic carbocycles. The SMILES string of the molecule is O=C(NCc1ccc(C(=O)O)cc1)NC1CCCCC1.